The van der Waals surface area contributed by atoms with Crippen LogP contribution in [0.5, 0.6) is 0 Å². The van der Waals surface area contributed by atoms with Gasteiger partial charge >= 0.3 is 0 Å². The summed E-state index contributed by atoms with van der Waals surface area (Å²) in [6, 6.07) is 0.689. The van der Waals surface area contributed by atoms with E-state index in [2.05, 4.69) is 0 Å². The standard InChI is InChI=1S/C9H11F2NO4S/c10-6-1-7(11)3-9(2-6)17(15,16)12-8(4-13)5-14/h1-3,8,12-14H,4-5H2. The third-order valence-corrected chi connectivity index (χ3v) is 3.41. The molecule has 0 amide bonds. The van der Waals surface area contributed by atoms with Crippen molar-refractivity contribution >= 4 is 10.0 Å². The summed E-state index contributed by atoms with van der Waals surface area (Å²) < 4.78 is 50.8. The molecule has 0 spiro atoms. The number of nitrogens with one attached hydrogen (secondary N) is 1. The molecule has 0 radical (unpaired) electrons. The lowest BCUT2D eigenvalue weighted by Crippen LogP contribution is -2.40. The van der Waals surface area contributed by atoms with Crippen molar-refractivity contribution in [1.29, 1.82) is 0 Å². The van der Waals surface area contributed by atoms with Crippen LogP contribution in [0.4, 0.5) is 8.78 Å². The van der Waals surface area contributed by atoms with E-state index in [1.54, 1.807) is 0 Å². The highest BCUT2D eigenvalue weighted by molar-refractivity contribution is 7.89. The molecular formula is C9H11F2NO4S. The Kier molecular flexibility index (Phi) is 4.52. The Labute approximate surface area is 96.8 Å². The van der Waals surface area contributed by atoms with Gasteiger partial charge in [-0.3, -0.25) is 0 Å². The van der Waals surface area contributed by atoms with Gasteiger partial charge in [-0.05, 0) is 12.1 Å². The van der Waals surface area contributed by atoms with Crippen LogP contribution in [0.25, 0.3) is 0 Å². The van der Waals surface area contributed by atoms with Crippen molar-refractivity contribution in [2.45, 2.75) is 10.9 Å². The van der Waals surface area contributed by atoms with Crippen LogP contribution in [0.2, 0.25) is 0 Å². The number of aliphatic hydroxyl groups is 2. The molecule has 0 bridgehead atoms. The molecule has 96 valence electrons. The maximum atomic E-state index is 12.8. The monoisotopic (exact) mass is 267 g/mol. The number of aliphatic hydroxyl groups excluding tert-OH is 2. The first kappa shape index (κ1) is 14.0. The molecule has 0 aliphatic heterocycles. The molecule has 1 aromatic rings. The van der Waals surface area contributed by atoms with E-state index in [9.17, 15) is 17.2 Å². The number of sulfonamides is 1. The van der Waals surface area contributed by atoms with Crippen LogP contribution < -0.4 is 4.72 Å². The molecular weight excluding hydrogens is 256 g/mol. The molecule has 3 N–H and O–H groups in total. The lowest BCUT2D eigenvalue weighted by atomic mass is 10.3. The van der Waals surface area contributed by atoms with Crippen LogP contribution in [-0.4, -0.2) is 37.9 Å². The summed E-state index contributed by atoms with van der Waals surface area (Å²) in [6.07, 6.45) is 0. The Balaban J connectivity index is 3.04. The first-order chi connectivity index (χ1) is 7.89. The van der Waals surface area contributed by atoms with E-state index in [4.69, 9.17) is 10.2 Å². The zero-order valence-corrected chi connectivity index (χ0v) is 9.42. The number of benzene rings is 1. The van der Waals surface area contributed by atoms with Crippen molar-refractivity contribution in [3.8, 4) is 0 Å². The van der Waals surface area contributed by atoms with Crippen LogP contribution in [0, 0.1) is 11.6 Å². The van der Waals surface area contributed by atoms with Crippen LogP contribution >= 0.6 is 0 Å². The fourth-order valence-electron chi connectivity index (χ4n) is 1.10. The molecule has 0 saturated heterocycles. The minimum atomic E-state index is -4.18. The van der Waals surface area contributed by atoms with Crippen LogP contribution in [0.1, 0.15) is 0 Å². The van der Waals surface area contributed by atoms with Crippen molar-refractivity contribution in [2.24, 2.45) is 0 Å². The normalized spacial score (nSPS) is 12.1. The molecule has 1 rings (SSSR count). The van der Waals surface area contributed by atoms with E-state index in [0.717, 1.165) is 0 Å². The minimum Gasteiger partial charge on any atom is -0.395 e. The molecule has 0 heterocycles. The van der Waals surface area contributed by atoms with Gasteiger partial charge in [-0.25, -0.2) is 21.9 Å². The lowest BCUT2D eigenvalue weighted by molar-refractivity contribution is 0.185. The van der Waals surface area contributed by atoms with E-state index in [1.165, 1.54) is 0 Å². The Morgan fingerprint density at radius 3 is 2.00 bits per heavy atom. The van der Waals surface area contributed by atoms with Gasteiger partial charge in [0.05, 0.1) is 24.2 Å². The number of halogens is 2. The maximum Gasteiger partial charge on any atom is 0.241 e. The molecule has 0 saturated carbocycles. The zero-order chi connectivity index (χ0) is 13.1. The third kappa shape index (κ3) is 3.70. The highest BCUT2D eigenvalue weighted by Gasteiger charge is 2.20. The predicted octanol–water partition coefficient (Wildman–Crippen LogP) is -0.404. The van der Waals surface area contributed by atoms with Crippen molar-refractivity contribution in [3.63, 3.8) is 0 Å². The largest absolute Gasteiger partial charge is 0.395 e. The van der Waals surface area contributed by atoms with Gasteiger partial charge in [0, 0.05) is 6.07 Å². The highest BCUT2D eigenvalue weighted by Crippen LogP contribution is 2.13. The summed E-state index contributed by atoms with van der Waals surface area (Å²) in [4.78, 5) is -0.609. The topological polar surface area (TPSA) is 86.6 Å². The molecule has 0 atom stereocenters. The molecule has 1 aromatic carbocycles. The minimum absolute atomic E-state index is 0.536. The van der Waals surface area contributed by atoms with Gasteiger partial charge in [-0.1, -0.05) is 0 Å². The van der Waals surface area contributed by atoms with E-state index in [0.29, 0.717) is 18.2 Å². The predicted molar refractivity (Wildman–Crippen MR) is 54.6 cm³/mol. The van der Waals surface area contributed by atoms with E-state index in [-0.39, 0.29) is 0 Å². The second-order valence-corrected chi connectivity index (χ2v) is 5.00. The Bertz CT molecular complexity index is 468. The quantitative estimate of drug-likeness (QED) is 0.677. The van der Waals surface area contributed by atoms with Gasteiger partial charge in [0.2, 0.25) is 10.0 Å². The number of hydrogen-bond donors (Lipinski definition) is 3. The summed E-state index contributed by atoms with van der Waals surface area (Å²) in [6.45, 7) is -1.26. The molecule has 8 heteroatoms. The Morgan fingerprint density at radius 1 is 1.12 bits per heavy atom. The Morgan fingerprint density at radius 2 is 1.59 bits per heavy atom. The summed E-state index contributed by atoms with van der Waals surface area (Å²) in [5, 5.41) is 17.4. The third-order valence-electron chi connectivity index (χ3n) is 1.91. The average Bonchev–Trinajstić information content (AvgIpc) is 2.24. The number of hydrogen-bond acceptors (Lipinski definition) is 4. The SMILES string of the molecule is O=S(=O)(NC(CO)CO)c1cc(F)cc(F)c1. The van der Waals surface area contributed by atoms with Gasteiger partial charge in [-0.15, -0.1) is 0 Å². The van der Waals surface area contributed by atoms with Gasteiger partial charge in [-0.2, -0.15) is 0 Å². The second-order valence-electron chi connectivity index (χ2n) is 3.29. The van der Waals surface area contributed by atoms with Crippen LogP contribution in [0.15, 0.2) is 23.1 Å². The molecule has 17 heavy (non-hydrogen) atoms. The van der Waals surface area contributed by atoms with Crippen molar-refractivity contribution in [3.05, 3.63) is 29.8 Å². The van der Waals surface area contributed by atoms with Crippen molar-refractivity contribution < 1.29 is 27.4 Å². The first-order valence-corrected chi connectivity index (χ1v) is 6.07. The van der Waals surface area contributed by atoms with Gasteiger partial charge in [0.25, 0.3) is 0 Å². The molecule has 0 aromatic heterocycles. The first-order valence-electron chi connectivity index (χ1n) is 4.59. The fourth-order valence-corrected chi connectivity index (χ4v) is 2.36. The average molecular weight is 267 g/mol. The fraction of sp³-hybridized carbons (Fsp3) is 0.333. The molecule has 0 fully saturated rings. The van der Waals surface area contributed by atoms with Crippen LogP contribution in [0.3, 0.4) is 0 Å². The molecule has 5 nitrogen and oxygen atoms in total. The van der Waals surface area contributed by atoms with Gasteiger partial charge in [0.1, 0.15) is 11.6 Å². The maximum absolute atomic E-state index is 12.8. The van der Waals surface area contributed by atoms with Gasteiger partial charge in [0.15, 0.2) is 0 Å². The summed E-state index contributed by atoms with van der Waals surface area (Å²) >= 11 is 0. The highest BCUT2D eigenvalue weighted by atomic mass is 32.2. The smallest absolute Gasteiger partial charge is 0.241 e. The second kappa shape index (κ2) is 5.50. The van der Waals surface area contributed by atoms with Gasteiger partial charge < -0.3 is 10.2 Å². The van der Waals surface area contributed by atoms with E-state index < -0.39 is 45.8 Å². The Hall–Kier alpha value is -1.09. The molecule has 0 aliphatic rings. The van der Waals surface area contributed by atoms with E-state index >= 15 is 0 Å². The van der Waals surface area contributed by atoms with Crippen LogP contribution in [-0.2, 0) is 10.0 Å². The molecule has 0 unspecified atom stereocenters. The van der Waals surface area contributed by atoms with E-state index in [1.807, 2.05) is 4.72 Å². The molecule has 0 aliphatic carbocycles. The lowest BCUT2D eigenvalue weighted by Gasteiger charge is -2.13. The number of rotatable bonds is 5. The summed E-state index contributed by atoms with van der Waals surface area (Å²) in [5.74, 6) is -2.06. The summed E-state index contributed by atoms with van der Waals surface area (Å²) in [5.41, 5.74) is 0. The van der Waals surface area contributed by atoms with Crippen molar-refractivity contribution in [2.75, 3.05) is 13.2 Å². The zero-order valence-electron chi connectivity index (χ0n) is 8.60. The van der Waals surface area contributed by atoms with Crippen molar-refractivity contribution in [1.82, 2.24) is 4.72 Å². The summed E-state index contributed by atoms with van der Waals surface area (Å²) in [7, 11) is -4.18.